The summed E-state index contributed by atoms with van der Waals surface area (Å²) in [5.74, 6) is -0.632. The van der Waals surface area contributed by atoms with Gasteiger partial charge in [0, 0.05) is 5.56 Å². The summed E-state index contributed by atoms with van der Waals surface area (Å²) in [5, 5.41) is 18.9. The molecule has 2 aromatic heterocycles. The minimum absolute atomic E-state index is 0.0480. The Morgan fingerprint density at radius 1 is 1.21 bits per heavy atom. The third-order valence-corrected chi connectivity index (χ3v) is 3.08. The predicted octanol–water partition coefficient (Wildman–Crippen LogP) is 3.53. The van der Waals surface area contributed by atoms with Crippen molar-refractivity contribution < 1.29 is 22.3 Å². The maximum atomic E-state index is 12.5. The number of ether oxygens (including phenoxy) is 1. The fraction of sp³-hybridized carbons (Fsp3) is 0.133. The zero-order valence-electron chi connectivity index (χ0n) is 12.0. The van der Waals surface area contributed by atoms with Gasteiger partial charge in [0.05, 0.1) is 0 Å². The maximum Gasteiger partial charge on any atom is 0.449 e. The van der Waals surface area contributed by atoms with E-state index in [4.69, 9.17) is 10.00 Å². The Morgan fingerprint density at radius 2 is 2.04 bits per heavy atom. The molecule has 0 saturated carbocycles. The van der Waals surface area contributed by atoms with Crippen molar-refractivity contribution in [2.45, 2.75) is 12.8 Å². The van der Waals surface area contributed by atoms with E-state index in [-0.39, 0.29) is 18.1 Å². The Bertz CT molecular complexity index is 893. The molecule has 3 aromatic rings. The van der Waals surface area contributed by atoms with Crippen molar-refractivity contribution >= 4 is 0 Å². The highest BCUT2D eigenvalue weighted by Gasteiger charge is 2.34. The number of hydrogen-bond acceptors (Lipinski definition) is 5. The van der Waals surface area contributed by atoms with Gasteiger partial charge in [-0.05, 0) is 24.3 Å². The molecule has 1 aromatic carbocycles. The largest absolute Gasteiger partial charge is 0.486 e. The second kappa shape index (κ2) is 6.08. The smallest absolute Gasteiger partial charge is 0.449 e. The van der Waals surface area contributed by atoms with Crippen LogP contribution in [-0.4, -0.2) is 15.4 Å². The van der Waals surface area contributed by atoms with Crippen molar-refractivity contribution in [2.24, 2.45) is 0 Å². The molecule has 2 heterocycles. The topological polar surface area (TPSA) is 87.7 Å². The van der Waals surface area contributed by atoms with Gasteiger partial charge in [-0.1, -0.05) is 12.1 Å². The van der Waals surface area contributed by atoms with Crippen molar-refractivity contribution in [1.29, 1.82) is 5.26 Å². The van der Waals surface area contributed by atoms with E-state index in [0.29, 0.717) is 17.0 Å². The van der Waals surface area contributed by atoms with Gasteiger partial charge in [-0.3, -0.25) is 0 Å². The number of alkyl halides is 3. The lowest BCUT2D eigenvalue weighted by atomic mass is 10.1. The van der Waals surface area contributed by atoms with E-state index in [1.54, 1.807) is 24.3 Å². The van der Waals surface area contributed by atoms with E-state index in [1.807, 2.05) is 6.07 Å². The van der Waals surface area contributed by atoms with Gasteiger partial charge in [-0.15, -0.1) is 5.10 Å². The SMILES string of the molecule is N#Cc1n[nH]nc1-c1cccc(OCc2ccc(C(F)(F)F)o2)c1. The molecule has 3 rings (SSSR count). The molecule has 0 unspecified atom stereocenters. The number of nitrogens with zero attached hydrogens (tertiary/aromatic N) is 3. The molecule has 0 spiro atoms. The molecule has 1 N–H and O–H groups in total. The first kappa shape index (κ1) is 15.6. The van der Waals surface area contributed by atoms with Gasteiger partial charge >= 0.3 is 6.18 Å². The van der Waals surface area contributed by atoms with Gasteiger partial charge in [0.15, 0.2) is 5.69 Å². The van der Waals surface area contributed by atoms with Gasteiger partial charge in [-0.2, -0.15) is 28.7 Å². The summed E-state index contributed by atoms with van der Waals surface area (Å²) in [6, 6.07) is 10.6. The number of aromatic nitrogens is 3. The van der Waals surface area contributed by atoms with E-state index in [2.05, 4.69) is 19.8 Å². The van der Waals surface area contributed by atoms with Crippen molar-refractivity contribution in [3.05, 3.63) is 53.6 Å². The lowest BCUT2D eigenvalue weighted by Crippen LogP contribution is -2.02. The van der Waals surface area contributed by atoms with Crippen LogP contribution in [0.25, 0.3) is 11.3 Å². The van der Waals surface area contributed by atoms with E-state index in [9.17, 15) is 13.2 Å². The minimum atomic E-state index is -4.53. The summed E-state index contributed by atoms with van der Waals surface area (Å²) in [4.78, 5) is 0. The molecule has 122 valence electrons. The van der Waals surface area contributed by atoms with Crippen molar-refractivity contribution in [3.8, 4) is 23.1 Å². The second-order valence-electron chi connectivity index (χ2n) is 4.71. The summed E-state index contributed by atoms with van der Waals surface area (Å²) >= 11 is 0. The zero-order chi connectivity index (χ0) is 17.2. The highest BCUT2D eigenvalue weighted by Crippen LogP contribution is 2.31. The van der Waals surface area contributed by atoms with E-state index < -0.39 is 11.9 Å². The van der Waals surface area contributed by atoms with Crippen LogP contribution in [0, 0.1) is 11.3 Å². The summed E-state index contributed by atoms with van der Waals surface area (Å²) in [5.41, 5.74) is 1.08. The zero-order valence-corrected chi connectivity index (χ0v) is 12.0. The summed E-state index contributed by atoms with van der Waals surface area (Å²) in [6.07, 6.45) is -4.53. The number of nitriles is 1. The molecule has 9 heteroatoms. The van der Waals surface area contributed by atoms with Gasteiger partial charge in [0.25, 0.3) is 0 Å². The monoisotopic (exact) mass is 334 g/mol. The highest BCUT2D eigenvalue weighted by molar-refractivity contribution is 5.65. The lowest BCUT2D eigenvalue weighted by molar-refractivity contribution is -0.153. The van der Waals surface area contributed by atoms with Crippen molar-refractivity contribution in [3.63, 3.8) is 0 Å². The standard InChI is InChI=1S/C15H9F3N4O2/c16-15(17,18)13-5-4-11(24-13)8-23-10-3-1-2-9(6-10)14-12(7-19)20-22-21-14/h1-6H,8H2,(H,20,21,22). The Kier molecular flexibility index (Phi) is 3.95. The van der Waals surface area contributed by atoms with Crippen LogP contribution in [-0.2, 0) is 12.8 Å². The molecule has 24 heavy (non-hydrogen) atoms. The number of halogens is 3. The first-order valence-corrected chi connectivity index (χ1v) is 6.67. The Hall–Kier alpha value is -3.28. The number of nitrogens with one attached hydrogen (secondary N) is 1. The molecule has 0 amide bonds. The van der Waals surface area contributed by atoms with Crippen molar-refractivity contribution in [2.75, 3.05) is 0 Å². The molecule has 6 nitrogen and oxygen atoms in total. The fourth-order valence-electron chi connectivity index (χ4n) is 2.01. The quantitative estimate of drug-likeness (QED) is 0.788. The van der Waals surface area contributed by atoms with Crippen LogP contribution in [0.2, 0.25) is 0 Å². The molecule has 0 aliphatic rings. The normalized spacial score (nSPS) is 11.2. The van der Waals surface area contributed by atoms with E-state index >= 15 is 0 Å². The molecule has 0 aliphatic heterocycles. The number of benzene rings is 1. The average molecular weight is 334 g/mol. The fourth-order valence-corrected chi connectivity index (χ4v) is 2.01. The number of furan rings is 1. The van der Waals surface area contributed by atoms with Gasteiger partial charge in [0.1, 0.15) is 29.9 Å². The molecular weight excluding hydrogens is 325 g/mol. The van der Waals surface area contributed by atoms with Crippen molar-refractivity contribution in [1.82, 2.24) is 15.4 Å². The van der Waals surface area contributed by atoms with Crippen LogP contribution < -0.4 is 4.74 Å². The maximum absolute atomic E-state index is 12.5. The average Bonchev–Trinajstić information content (AvgIpc) is 3.21. The first-order chi connectivity index (χ1) is 11.5. The van der Waals surface area contributed by atoms with Crippen LogP contribution in [0.15, 0.2) is 40.8 Å². The van der Waals surface area contributed by atoms with Crippen LogP contribution in [0.3, 0.4) is 0 Å². The molecular formula is C15H9F3N4O2. The summed E-state index contributed by atoms with van der Waals surface area (Å²) in [6.45, 7) is -0.163. The minimum Gasteiger partial charge on any atom is -0.486 e. The first-order valence-electron chi connectivity index (χ1n) is 6.67. The number of H-pyrrole nitrogens is 1. The van der Waals surface area contributed by atoms with Gasteiger partial charge < -0.3 is 9.15 Å². The van der Waals surface area contributed by atoms with E-state index in [0.717, 1.165) is 6.07 Å². The third-order valence-electron chi connectivity index (χ3n) is 3.08. The molecule has 0 aliphatic carbocycles. The summed E-state index contributed by atoms with van der Waals surface area (Å²) in [7, 11) is 0. The predicted molar refractivity (Wildman–Crippen MR) is 74.6 cm³/mol. The van der Waals surface area contributed by atoms with Crippen LogP contribution in [0.4, 0.5) is 13.2 Å². The van der Waals surface area contributed by atoms with Crippen LogP contribution in [0.5, 0.6) is 5.75 Å². The molecule has 0 fully saturated rings. The molecule has 0 radical (unpaired) electrons. The number of aromatic amines is 1. The third kappa shape index (κ3) is 3.22. The Morgan fingerprint density at radius 3 is 2.75 bits per heavy atom. The summed E-state index contributed by atoms with van der Waals surface area (Å²) < 4.78 is 47.5. The molecule has 0 saturated heterocycles. The van der Waals surface area contributed by atoms with E-state index in [1.165, 1.54) is 6.07 Å². The second-order valence-corrected chi connectivity index (χ2v) is 4.71. The number of hydrogen-bond donors (Lipinski definition) is 1. The Balaban J connectivity index is 1.74. The van der Waals surface area contributed by atoms with Crippen LogP contribution >= 0.6 is 0 Å². The molecule has 0 bridgehead atoms. The molecule has 0 atom stereocenters. The Labute approximate surface area is 133 Å². The van der Waals surface area contributed by atoms with Crippen LogP contribution in [0.1, 0.15) is 17.2 Å². The van der Waals surface area contributed by atoms with Gasteiger partial charge in [-0.25, -0.2) is 0 Å². The number of rotatable bonds is 4. The van der Waals surface area contributed by atoms with Gasteiger partial charge in [0.2, 0.25) is 5.76 Å². The highest BCUT2D eigenvalue weighted by atomic mass is 19.4. The lowest BCUT2D eigenvalue weighted by Gasteiger charge is -2.06.